The van der Waals surface area contributed by atoms with Crippen LogP contribution in [0.4, 0.5) is 22.2 Å². The van der Waals surface area contributed by atoms with E-state index in [1.54, 1.807) is 15.8 Å². The van der Waals surface area contributed by atoms with E-state index in [2.05, 4.69) is 20.0 Å². The van der Waals surface area contributed by atoms with Crippen molar-refractivity contribution in [2.24, 2.45) is 7.05 Å². The molecule has 3 N–H and O–H groups in total. The number of nitrogens with zero attached hydrogens (tertiary/aromatic N) is 6. The molecule has 4 heterocycles. The Morgan fingerprint density at radius 3 is 2.83 bits per heavy atom. The molecule has 1 fully saturated rings. The largest absolute Gasteiger partial charge is 0.444 e. The zero-order valence-corrected chi connectivity index (χ0v) is 17.8. The number of carbonyl (C=O) groups excluding carboxylic acids is 1. The normalized spacial score (nSPS) is 17.3. The van der Waals surface area contributed by atoms with E-state index < -0.39 is 5.60 Å². The number of nitrogen functional groups attached to an aromatic ring is 1. The number of fused-ring (bicyclic) bond motifs is 1. The third-order valence-electron chi connectivity index (χ3n) is 5.00. The van der Waals surface area contributed by atoms with Gasteiger partial charge in [-0.3, -0.25) is 4.68 Å². The SMILES string of the molecule is Cn1cc(Nc2nc(N)c3ccn([C@@H]4CCCN(C(=O)OC(C)(C)C)C4)c3n2)cn1. The van der Waals surface area contributed by atoms with Gasteiger partial charge in [0.1, 0.15) is 17.1 Å². The van der Waals surface area contributed by atoms with E-state index in [0.29, 0.717) is 24.9 Å². The fourth-order valence-corrected chi connectivity index (χ4v) is 3.70. The molecule has 0 unspecified atom stereocenters. The summed E-state index contributed by atoms with van der Waals surface area (Å²) in [5.74, 6) is 0.817. The van der Waals surface area contributed by atoms with Gasteiger partial charge in [-0.25, -0.2) is 4.79 Å². The zero-order valence-electron chi connectivity index (χ0n) is 17.8. The number of nitrogens with one attached hydrogen (secondary N) is 1. The fraction of sp³-hybridized carbons (Fsp3) is 0.500. The highest BCUT2D eigenvalue weighted by Crippen LogP contribution is 2.29. The van der Waals surface area contributed by atoms with Gasteiger partial charge < -0.3 is 25.3 Å². The third kappa shape index (κ3) is 4.17. The van der Waals surface area contributed by atoms with Gasteiger partial charge >= 0.3 is 6.09 Å². The third-order valence-corrected chi connectivity index (χ3v) is 5.00. The summed E-state index contributed by atoms with van der Waals surface area (Å²) in [6.07, 6.45) is 7.05. The maximum atomic E-state index is 12.5. The van der Waals surface area contributed by atoms with Crippen molar-refractivity contribution in [2.45, 2.75) is 45.3 Å². The van der Waals surface area contributed by atoms with Crippen LogP contribution in [0.5, 0.6) is 0 Å². The number of rotatable bonds is 3. The van der Waals surface area contributed by atoms with Gasteiger partial charge in [0.25, 0.3) is 0 Å². The number of aromatic nitrogens is 5. The molecule has 1 saturated heterocycles. The Hall–Kier alpha value is -3.30. The van der Waals surface area contributed by atoms with Gasteiger partial charge in [-0.2, -0.15) is 15.1 Å². The number of likely N-dealkylation sites (tertiary alicyclic amines) is 1. The number of carbonyl (C=O) groups is 1. The smallest absolute Gasteiger partial charge is 0.410 e. The number of nitrogens with two attached hydrogens (primary N) is 1. The molecule has 0 bridgehead atoms. The summed E-state index contributed by atoms with van der Waals surface area (Å²) >= 11 is 0. The second kappa shape index (κ2) is 7.51. The van der Waals surface area contributed by atoms with Crippen molar-refractivity contribution in [1.29, 1.82) is 0 Å². The first-order valence-electron chi connectivity index (χ1n) is 10.1. The Morgan fingerprint density at radius 1 is 1.33 bits per heavy atom. The highest BCUT2D eigenvalue weighted by molar-refractivity contribution is 5.87. The standard InChI is InChI=1S/C20H28N8O2/c1-20(2,3)30-19(29)27-8-5-6-14(12-27)28-9-7-15-16(21)24-18(25-17(15)28)23-13-10-22-26(4)11-13/h7,9-11,14H,5-6,8,12H2,1-4H3,(H3,21,23,24,25)/t14-/m1/s1. The van der Waals surface area contributed by atoms with Crippen molar-refractivity contribution in [1.82, 2.24) is 29.2 Å². The first-order valence-corrected chi connectivity index (χ1v) is 10.1. The van der Waals surface area contributed by atoms with E-state index in [9.17, 15) is 4.79 Å². The number of hydrogen-bond donors (Lipinski definition) is 2. The molecule has 0 radical (unpaired) electrons. The molecule has 30 heavy (non-hydrogen) atoms. The predicted octanol–water partition coefficient (Wildman–Crippen LogP) is 3.06. The molecule has 0 spiro atoms. The summed E-state index contributed by atoms with van der Waals surface area (Å²) in [5.41, 5.74) is 7.20. The summed E-state index contributed by atoms with van der Waals surface area (Å²) in [5, 5.41) is 8.08. The van der Waals surface area contributed by atoms with E-state index in [-0.39, 0.29) is 12.1 Å². The van der Waals surface area contributed by atoms with Gasteiger partial charge in [-0.15, -0.1) is 0 Å². The monoisotopic (exact) mass is 412 g/mol. The van der Waals surface area contributed by atoms with E-state index in [4.69, 9.17) is 15.5 Å². The van der Waals surface area contributed by atoms with Gasteiger partial charge in [0, 0.05) is 32.5 Å². The molecule has 10 heteroatoms. The van der Waals surface area contributed by atoms with E-state index in [1.807, 2.05) is 46.3 Å². The molecule has 4 rings (SSSR count). The van der Waals surface area contributed by atoms with Crippen LogP contribution in [0, 0.1) is 0 Å². The predicted molar refractivity (Wildman–Crippen MR) is 115 cm³/mol. The number of amides is 1. The van der Waals surface area contributed by atoms with Crippen molar-refractivity contribution in [2.75, 3.05) is 24.1 Å². The van der Waals surface area contributed by atoms with Crippen LogP contribution >= 0.6 is 0 Å². The number of hydrogen-bond acceptors (Lipinski definition) is 7. The van der Waals surface area contributed by atoms with E-state index >= 15 is 0 Å². The van der Waals surface area contributed by atoms with Crippen LogP contribution in [0.1, 0.15) is 39.7 Å². The summed E-state index contributed by atoms with van der Waals surface area (Å²) < 4.78 is 9.33. The molecule has 1 aliphatic heterocycles. The second-order valence-electron chi connectivity index (χ2n) is 8.64. The van der Waals surface area contributed by atoms with Crippen LogP contribution in [0.25, 0.3) is 11.0 Å². The lowest BCUT2D eigenvalue weighted by molar-refractivity contribution is 0.0174. The van der Waals surface area contributed by atoms with Crippen molar-refractivity contribution in [3.05, 3.63) is 24.7 Å². The molecule has 1 aliphatic rings. The molecule has 0 aromatic carbocycles. The number of anilines is 3. The first kappa shape index (κ1) is 20.0. The van der Waals surface area contributed by atoms with E-state index in [1.165, 1.54) is 0 Å². The number of aryl methyl sites for hydroxylation is 1. The van der Waals surface area contributed by atoms with Gasteiger partial charge in [-0.05, 0) is 39.7 Å². The number of ether oxygens (including phenoxy) is 1. The van der Waals surface area contributed by atoms with Gasteiger partial charge in [-0.1, -0.05) is 0 Å². The van der Waals surface area contributed by atoms with Crippen molar-refractivity contribution in [3.8, 4) is 0 Å². The van der Waals surface area contributed by atoms with Crippen LogP contribution in [-0.2, 0) is 11.8 Å². The Kier molecular flexibility index (Phi) is 5.00. The lowest BCUT2D eigenvalue weighted by atomic mass is 10.1. The maximum Gasteiger partial charge on any atom is 0.410 e. The highest BCUT2D eigenvalue weighted by atomic mass is 16.6. The highest BCUT2D eigenvalue weighted by Gasteiger charge is 2.29. The minimum absolute atomic E-state index is 0.0873. The fourth-order valence-electron chi connectivity index (χ4n) is 3.70. The zero-order chi connectivity index (χ0) is 21.5. The second-order valence-corrected chi connectivity index (χ2v) is 8.64. The molecule has 3 aromatic rings. The molecule has 3 aromatic heterocycles. The summed E-state index contributed by atoms with van der Waals surface area (Å²) in [7, 11) is 1.84. The molecule has 1 atom stereocenters. The van der Waals surface area contributed by atoms with Crippen LogP contribution < -0.4 is 11.1 Å². The average molecular weight is 412 g/mol. The Morgan fingerprint density at radius 2 is 2.13 bits per heavy atom. The molecule has 1 amide bonds. The summed E-state index contributed by atoms with van der Waals surface area (Å²) in [4.78, 5) is 23.4. The average Bonchev–Trinajstić information content (AvgIpc) is 3.27. The lowest BCUT2D eigenvalue weighted by Gasteiger charge is -2.34. The van der Waals surface area contributed by atoms with Crippen molar-refractivity contribution >= 4 is 34.6 Å². The van der Waals surface area contributed by atoms with Gasteiger partial charge in [0.05, 0.1) is 23.3 Å². The Labute approximate surface area is 175 Å². The van der Waals surface area contributed by atoms with Crippen LogP contribution in [0.3, 0.4) is 0 Å². The lowest BCUT2D eigenvalue weighted by Crippen LogP contribution is -2.43. The molecule has 0 aliphatic carbocycles. The van der Waals surface area contributed by atoms with Gasteiger partial charge in [0.2, 0.25) is 5.95 Å². The topological polar surface area (TPSA) is 116 Å². The summed E-state index contributed by atoms with van der Waals surface area (Å²) in [6.45, 7) is 6.89. The molecular weight excluding hydrogens is 384 g/mol. The molecule has 10 nitrogen and oxygen atoms in total. The minimum atomic E-state index is -0.515. The molecule has 0 saturated carbocycles. The first-order chi connectivity index (χ1) is 14.2. The van der Waals surface area contributed by atoms with Crippen molar-refractivity contribution in [3.63, 3.8) is 0 Å². The Bertz CT molecular complexity index is 1060. The van der Waals surface area contributed by atoms with Crippen molar-refractivity contribution < 1.29 is 9.53 Å². The van der Waals surface area contributed by atoms with Crippen LogP contribution in [0.15, 0.2) is 24.7 Å². The van der Waals surface area contributed by atoms with Crippen LogP contribution in [-0.4, -0.2) is 54.0 Å². The Balaban J connectivity index is 1.59. The minimum Gasteiger partial charge on any atom is -0.444 e. The number of piperidine rings is 1. The summed E-state index contributed by atoms with van der Waals surface area (Å²) in [6, 6.07) is 2.01. The molecule has 160 valence electrons. The van der Waals surface area contributed by atoms with Crippen LogP contribution in [0.2, 0.25) is 0 Å². The van der Waals surface area contributed by atoms with Gasteiger partial charge in [0.15, 0.2) is 0 Å². The maximum absolute atomic E-state index is 12.5. The van der Waals surface area contributed by atoms with E-state index in [0.717, 1.165) is 29.6 Å². The quantitative estimate of drug-likeness (QED) is 0.679. The molecular formula is C20H28N8O2.